The van der Waals surface area contributed by atoms with Gasteiger partial charge in [-0.25, -0.2) is 8.78 Å². The first-order valence-corrected chi connectivity index (χ1v) is 6.10. The van der Waals surface area contributed by atoms with Crippen molar-refractivity contribution in [2.45, 2.75) is 13.0 Å². The SMILES string of the molecule is Nc1ccccc1CC(=O)NCc1cc(F)ccc1F. The molecule has 0 aliphatic rings. The molecule has 0 radical (unpaired) electrons. The van der Waals surface area contributed by atoms with E-state index in [-0.39, 0.29) is 24.4 Å². The molecule has 0 saturated heterocycles. The molecule has 0 saturated carbocycles. The summed E-state index contributed by atoms with van der Waals surface area (Å²) in [7, 11) is 0. The van der Waals surface area contributed by atoms with E-state index in [1.54, 1.807) is 24.3 Å². The molecule has 20 heavy (non-hydrogen) atoms. The number of benzene rings is 2. The Bertz CT molecular complexity index is 629. The number of halogens is 2. The van der Waals surface area contributed by atoms with Gasteiger partial charge in [0.2, 0.25) is 5.91 Å². The average molecular weight is 276 g/mol. The van der Waals surface area contributed by atoms with Crippen molar-refractivity contribution in [3.05, 3.63) is 65.2 Å². The third-order valence-electron chi connectivity index (χ3n) is 2.89. The first-order valence-electron chi connectivity index (χ1n) is 6.10. The maximum absolute atomic E-state index is 13.4. The van der Waals surface area contributed by atoms with Gasteiger partial charge in [0.25, 0.3) is 0 Å². The number of nitrogens with two attached hydrogens (primary N) is 1. The average Bonchev–Trinajstić information content (AvgIpc) is 2.42. The molecule has 0 unspecified atom stereocenters. The van der Waals surface area contributed by atoms with Crippen LogP contribution in [0.25, 0.3) is 0 Å². The van der Waals surface area contributed by atoms with Crippen molar-refractivity contribution in [3.63, 3.8) is 0 Å². The highest BCUT2D eigenvalue weighted by Gasteiger charge is 2.08. The maximum atomic E-state index is 13.4. The number of nitrogens with one attached hydrogen (secondary N) is 1. The zero-order valence-corrected chi connectivity index (χ0v) is 10.7. The Morgan fingerprint density at radius 3 is 2.60 bits per heavy atom. The predicted octanol–water partition coefficient (Wildman–Crippen LogP) is 2.41. The molecule has 0 aromatic heterocycles. The Hall–Kier alpha value is -2.43. The highest BCUT2D eigenvalue weighted by molar-refractivity contribution is 5.80. The van der Waals surface area contributed by atoms with Crippen LogP contribution in [0, 0.1) is 11.6 Å². The Morgan fingerprint density at radius 2 is 1.85 bits per heavy atom. The number of hydrogen-bond acceptors (Lipinski definition) is 2. The van der Waals surface area contributed by atoms with Crippen LogP contribution in [0.4, 0.5) is 14.5 Å². The van der Waals surface area contributed by atoms with Crippen LogP contribution in [0.5, 0.6) is 0 Å². The van der Waals surface area contributed by atoms with E-state index in [4.69, 9.17) is 5.73 Å². The second-order valence-corrected chi connectivity index (χ2v) is 4.39. The lowest BCUT2D eigenvalue weighted by Crippen LogP contribution is -2.25. The summed E-state index contributed by atoms with van der Waals surface area (Å²) in [6, 6.07) is 10.1. The largest absolute Gasteiger partial charge is 0.398 e. The molecule has 2 rings (SSSR count). The molecule has 0 bridgehead atoms. The molecular weight excluding hydrogens is 262 g/mol. The van der Waals surface area contributed by atoms with Gasteiger partial charge in [-0.05, 0) is 29.8 Å². The monoisotopic (exact) mass is 276 g/mol. The van der Waals surface area contributed by atoms with E-state index < -0.39 is 11.6 Å². The van der Waals surface area contributed by atoms with E-state index >= 15 is 0 Å². The van der Waals surface area contributed by atoms with Crippen LogP contribution in [0.1, 0.15) is 11.1 Å². The van der Waals surface area contributed by atoms with Gasteiger partial charge in [0.05, 0.1) is 6.42 Å². The van der Waals surface area contributed by atoms with Crippen LogP contribution >= 0.6 is 0 Å². The number of rotatable bonds is 4. The third-order valence-corrected chi connectivity index (χ3v) is 2.89. The summed E-state index contributed by atoms with van der Waals surface area (Å²) >= 11 is 0. The molecule has 3 N–H and O–H groups in total. The maximum Gasteiger partial charge on any atom is 0.224 e. The molecule has 2 aromatic rings. The number of carbonyl (C=O) groups is 1. The van der Waals surface area contributed by atoms with Crippen LogP contribution in [-0.4, -0.2) is 5.91 Å². The molecule has 1 amide bonds. The van der Waals surface area contributed by atoms with E-state index in [0.717, 1.165) is 18.2 Å². The molecule has 0 aliphatic heterocycles. The summed E-state index contributed by atoms with van der Waals surface area (Å²) < 4.78 is 26.3. The van der Waals surface area contributed by atoms with Gasteiger partial charge in [0, 0.05) is 17.8 Å². The molecular formula is C15H14F2N2O. The Balaban J connectivity index is 1.96. The topological polar surface area (TPSA) is 55.1 Å². The number of carbonyl (C=O) groups excluding carboxylic acids is 1. The lowest BCUT2D eigenvalue weighted by molar-refractivity contribution is -0.120. The quantitative estimate of drug-likeness (QED) is 0.843. The number of para-hydroxylation sites is 1. The number of anilines is 1. The van der Waals surface area contributed by atoms with E-state index in [9.17, 15) is 13.6 Å². The highest BCUT2D eigenvalue weighted by Crippen LogP contribution is 2.12. The van der Waals surface area contributed by atoms with Crippen molar-refractivity contribution < 1.29 is 13.6 Å². The zero-order valence-electron chi connectivity index (χ0n) is 10.7. The van der Waals surface area contributed by atoms with Crippen molar-refractivity contribution in [2.24, 2.45) is 0 Å². The van der Waals surface area contributed by atoms with Gasteiger partial charge < -0.3 is 11.1 Å². The number of nitrogen functional groups attached to an aromatic ring is 1. The van der Waals surface area contributed by atoms with Crippen LogP contribution in [0.3, 0.4) is 0 Å². The van der Waals surface area contributed by atoms with Gasteiger partial charge in [-0.2, -0.15) is 0 Å². The predicted molar refractivity (Wildman–Crippen MR) is 72.8 cm³/mol. The summed E-state index contributed by atoms with van der Waals surface area (Å²) in [5.74, 6) is -1.39. The van der Waals surface area contributed by atoms with Gasteiger partial charge in [-0.1, -0.05) is 18.2 Å². The smallest absolute Gasteiger partial charge is 0.224 e. The Labute approximate surface area is 115 Å². The van der Waals surface area contributed by atoms with E-state index in [2.05, 4.69) is 5.32 Å². The summed E-state index contributed by atoms with van der Waals surface area (Å²) in [6.45, 7) is -0.0604. The highest BCUT2D eigenvalue weighted by atomic mass is 19.1. The number of hydrogen-bond donors (Lipinski definition) is 2. The van der Waals surface area contributed by atoms with Crippen molar-refractivity contribution in [2.75, 3.05) is 5.73 Å². The van der Waals surface area contributed by atoms with Gasteiger partial charge in [0.15, 0.2) is 0 Å². The van der Waals surface area contributed by atoms with Crippen LogP contribution in [-0.2, 0) is 17.8 Å². The molecule has 5 heteroatoms. The summed E-state index contributed by atoms with van der Waals surface area (Å²) in [4.78, 5) is 11.8. The minimum Gasteiger partial charge on any atom is -0.398 e. The van der Waals surface area contributed by atoms with Gasteiger partial charge in [-0.3, -0.25) is 4.79 Å². The normalized spacial score (nSPS) is 10.3. The second-order valence-electron chi connectivity index (χ2n) is 4.39. The molecule has 104 valence electrons. The van der Waals surface area contributed by atoms with Crippen molar-refractivity contribution >= 4 is 11.6 Å². The fourth-order valence-corrected chi connectivity index (χ4v) is 1.80. The van der Waals surface area contributed by atoms with Crippen molar-refractivity contribution in [1.29, 1.82) is 0 Å². The zero-order chi connectivity index (χ0) is 14.5. The molecule has 2 aromatic carbocycles. The molecule has 0 aliphatic carbocycles. The molecule has 0 fully saturated rings. The fourth-order valence-electron chi connectivity index (χ4n) is 1.80. The minimum atomic E-state index is -0.550. The van der Waals surface area contributed by atoms with Crippen molar-refractivity contribution in [1.82, 2.24) is 5.32 Å². The van der Waals surface area contributed by atoms with E-state index in [1.807, 2.05) is 0 Å². The number of amides is 1. The van der Waals surface area contributed by atoms with Gasteiger partial charge in [0.1, 0.15) is 11.6 Å². The van der Waals surface area contributed by atoms with Crippen LogP contribution < -0.4 is 11.1 Å². The summed E-state index contributed by atoms with van der Waals surface area (Å²) in [5.41, 5.74) is 7.07. The minimum absolute atomic E-state index is 0.0604. The van der Waals surface area contributed by atoms with Gasteiger partial charge in [-0.15, -0.1) is 0 Å². The lowest BCUT2D eigenvalue weighted by atomic mass is 10.1. The first kappa shape index (κ1) is 14.0. The Morgan fingerprint density at radius 1 is 1.10 bits per heavy atom. The molecule has 3 nitrogen and oxygen atoms in total. The van der Waals surface area contributed by atoms with Crippen LogP contribution in [0.15, 0.2) is 42.5 Å². The molecule has 0 spiro atoms. The van der Waals surface area contributed by atoms with Crippen LogP contribution in [0.2, 0.25) is 0 Å². The molecule has 0 atom stereocenters. The second kappa shape index (κ2) is 6.14. The fraction of sp³-hybridized carbons (Fsp3) is 0.133. The molecule has 0 heterocycles. The Kier molecular flexibility index (Phi) is 4.30. The first-order chi connectivity index (χ1) is 9.56. The standard InChI is InChI=1S/C15H14F2N2O/c16-12-5-6-13(17)11(7-12)9-19-15(20)8-10-3-1-2-4-14(10)18/h1-7H,8-9,18H2,(H,19,20). The van der Waals surface area contributed by atoms with E-state index in [0.29, 0.717) is 11.3 Å². The lowest BCUT2D eigenvalue weighted by Gasteiger charge is -2.08. The summed E-state index contributed by atoms with van der Waals surface area (Å²) in [5, 5.41) is 2.54. The van der Waals surface area contributed by atoms with Crippen molar-refractivity contribution in [3.8, 4) is 0 Å². The summed E-state index contributed by atoms with van der Waals surface area (Å²) in [6.07, 6.45) is 0.101. The van der Waals surface area contributed by atoms with E-state index in [1.165, 1.54) is 0 Å². The van der Waals surface area contributed by atoms with Gasteiger partial charge >= 0.3 is 0 Å². The third kappa shape index (κ3) is 3.54.